The van der Waals surface area contributed by atoms with E-state index >= 15 is 0 Å². The van der Waals surface area contributed by atoms with Crippen molar-refractivity contribution in [1.82, 2.24) is 10.2 Å². The fraction of sp³-hybridized carbons (Fsp3) is 0.364. The molecule has 1 unspecified atom stereocenters. The van der Waals surface area contributed by atoms with Crippen LogP contribution in [0.25, 0.3) is 0 Å². The average Bonchev–Trinajstić information content (AvgIpc) is 2.58. The van der Waals surface area contributed by atoms with E-state index in [4.69, 9.17) is 5.26 Å². The van der Waals surface area contributed by atoms with E-state index in [1.54, 1.807) is 6.92 Å². The lowest BCUT2D eigenvalue weighted by molar-refractivity contribution is -0.119. The van der Waals surface area contributed by atoms with Gasteiger partial charge in [0.25, 0.3) is 0 Å². The number of rotatable bonds is 4. The summed E-state index contributed by atoms with van der Waals surface area (Å²) in [6.45, 7) is 7.43. The number of allylic oxidation sites excluding steroid dienone is 1. The van der Waals surface area contributed by atoms with Gasteiger partial charge in [0.05, 0.1) is 0 Å². The number of amides is 1. The molecule has 0 aliphatic carbocycles. The summed E-state index contributed by atoms with van der Waals surface area (Å²) in [5.41, 5.74) is 1.23. The number of aromatic nitrogens is 2. The van der Waals surface area contributed by atoms with Crippen LogP contribution < -0.4 is 5.32 Å². The monoisotopic (exact) mass is 296 g/mol. The zero-order chi connectivity index (χ0) is 13.0. The number of anilines is 1. The molecule has 5 nitrogen and oxygen atoms in total. The number of nitrogens with zero attached hydrogens (tertiary/aromatic N) is 2. The Hall–Kier alpha value is -1.61. The predicted octanol–water partition coefficient (Wildman–Crippen LogP) is 2.58. The Labute approximate surface area is 108 Å². The van der Waals surface area contributed by atoms with Gasteiger partial charge in [0.2, 0.25) is 5.91 Å². The lowest BCUT2D eigenvalue weighted by atomic mass is 10.0. The van der Waals surface area contributed by atoms with Crippen LogP contribution in [0.4, 0.5) is 5.82 Å². The van der Waals surface area contributed by atoms with Crippen LogP contribution in [0.3, 0.4) is 0 Å². The summed E-state index contributed by atoms with van der Waals surface area (Å²) in [6.07, 6.45) is 0.610. The quantitative estimate of drug-likeness (QED) is 0.838. The van der Waals surface area contributed by atoms with E-state index < -0.39 is 0 Å². The molecule has 0 bridgehead atoms. The first kappa shape index (κ1) is 13.5. The lowest BCUT2D eigenvalue weighted by Gasteiger charge is -2.10. The maximum absolute atomic E-state index is 11.8. The molecular weight excluding hydrogens is 284 g/mol. The van der Waals surface area contributed by atoms with Crippen LogP contribution in [0.1, 0.15) is 25.8 Å². The topological polar surface area (TPSA) is 81.6 Å². The normalized spacial score (nSPS) is 11.6. The summed E-state index contributed by atoms with van der Waals surface area (Å²) in [7, 11) is 0. The van der Waals surface area contributed by atoms with E-state index in [9.17, 15) is 4.79 Å². The largest absolute Gasteiger partial charge is 0.308 e. The second-order valence-corrected chi connectivity index (χ2v) is 4.72. The zero-order valence-corrected chi connectivity index (χ0v) is 11.3. The molecule has 90 valence electrons. The molecule has 1 aromatic heterocycles. The van der Waals surface area contributed by atoms with Crippen molar-refractivity contribution in [2.24, 2.45) is 5.92 Å². The molecule has 2 N–H and O–H groups in total. The molecule has 6 heteroatoms. The van der Waals surface area contributed by atoms with Crippen LogP contribution in [-0.2, 0) is 4.79 Å². The fourth-order valence-electron chi connectivity index (χ4n) is 1.37. The van der Waals surface area contributed by atoms with E-state index in [1.807, 2.05) is 13.0 Å². The van der Waals surface area contributed by atoms with Gasteiger partial charge < -0.3 is 5.32 Å². The second-order valence-electron chi connectivity index (χ2n) is 3.92. The van der Waals surface area contributed by atoms with Gasteiger partial charge in [-0.25, -0.2) is 0 Å². The summed E-state index contributed by atoms with van der Waals surface area (Å²) < 4.78 is 0.461. The summed E-state index contributed by atoms with van der Waals surface area (Å²) in [4.78, 5) is 11.8. The fourth-order valence-corrected chi connectivity index (χ4v) is 1.73. The molecule has 17 heavy (non-hydrogen) atoms. The van der Waals surface area contributed by atoms with Crippen molar-refractivity contribution in [1.29, 1.82) is 5.26 Å². The van der Waals surface area contributed by atoms with Crippen molar-refractivity contribution in [3.63, 3.8) is 0 Å². The van der Waals surface area contributed by atoms with Gasteiger partial charge >= 0.3 is 0 Å². The molecule has 0 saturated heterocycles. The van der Waals surface area contributed by atoms with E-state index in [2.05, 4.69) is 38.0 Å². The number of nitriles is 1. The van der Waals surface area contributed by atoms with Crippen LogP contribution in [0, 0.1) is 17.2 Å². The molecule has 0 spiro atoms. The van der Waals surface area contributed by atoms with E-state index in [0.717, 1.165) is 5.57 Å². The van der Waals surface area contributed by atoms with Crippen molar-refractivity contribution in [3.05, 3.63) is 22.3 Å². The molecule has 1 heterocycles. The summed E-state index contributed by atoms with van der Waals surface area (Å²) >= 11 is 3.14. The Morgan fingerprint density at radius 2 is 2.41 bits per heavy atom. The highest BCUT2D eigenvalue weighted by Gasteiger charge is 2.17. The van der Waals surface area contributed by atoms with Gasteiger partial charge in [0.1, 0.15) is 16.2 Å². The standard InChI is InChI=1S/C11H13BrN4O/c1-6(2)4-7(3)11(17)14-10-8(5-13)9(12)15-16-10/h7H,1,4H2,2-3H3,(H2,14,15,16,17). The number of carbonyl (C=O) groups excluding carboxylic acids is 1. The molecule has 0 saturated carbocycles. The van der Waals surface area contributed by atoms with E-state index in [0.29, 0.717) is 16.6 Å². The Balaban J connectivity index is 2.75. The predicted molar refractivity (Wildman–Crippen MR) is 68.2 cm³/mol. The Bertz CT molecular complexity index is 486. The Morgan fingerprint density at radius 1 is 1.76 bits per heavy atom. The minimum atomic E-state index is -0.200. The Kier molecular flexibility index (Phi) is 4.46. The zero-order valence-electron chi connectivity index (χ0n) is 9.67. The molecule has 0 aromatic carbocycles. The molecular formula is C11H13BrN4O. The highest BCUT2D eigenvalue weighted by Crippen LogP contribution is 2.21. The SMILES string of the molecule is C=C(C)CC(C)C(=O)Nc1n[nH]c(Br)c1C#N. The highest BCUT2D eigenvalue weighted by atomic mass is 79.9. The van der Waals surface area contributed by atoms with Crippen molar-refractivity contribution in [2.45, 2.75) is 20.3 Å². The molecule has 1 aromatic rings. The van der Waals surface area contributed by atoms with Crippen molar-refractivity contribution in [3.8, 4) is 6.07 Å². The summed E-state index contributed by atoms with van der Waals surface area (Å²) in [5.74, 6) is -0.129. The van der Waals surface area contributed by atoms with Gasteiger partial charge in [-0.1, -0.05) is 12.5 Å². The minimum absolute atomic E-state index is 0.177. The third-order valence-corrected chi connectivity index (χ3v) is 2.75. The number of hydrogen-bond acceptors (Lipinski definition) is 3. The van der Waals surface area contributed by atoms with Crippen LogP contribution in [0.15, 0.2) is 16.8 Å². The second kappa shape index (κ2) is 5.64. The third kappa shape index (κ3) is 3.43. The van der Waals surface area contributed by atoms with Crippen molar-refractivity contribution >= 4 is 27.7 Å². The molecule has 0 fully saturated rings. The molecule has 0 aliphatic heterocycles. The smallest absolute Gasteiger partial charge is 0.228 e. The molecule has 1 amide bonds. The number of nitrogens with one attached hydrogen (secondary N) is 2. The number of halogens is 1. The number of carbonyl (C=O) groups is 1. The van der Waals surface area contributed by atoms with E-state index in [1.165, 1.54) is 0 Å². The third-order valence-electron chi connectivity index (χ3n) is 2.18. The minimum Gasteiger partial charge on any atom is -0.308 e. The summed E-state index contributed by atoms with van der Waals surface area (Å²) in [6, 6.07) is 1.96. The maximum atomic E-state index is 11.8. The number of H-pyrrole nitrogens is 1. The first-order valence-corrected chi connectivity index (χ1v) is 5.84. The lowest BCUT2D eigenvalue weighted by Crippen LogP contribution is -2.21. The van der Waals surface area contributed by atoms with Crippen LogP contribution in [0.2, 0.25) is 0 Å². The van der Waals surface area contributed by atoms with Gasteiger partial charge in [-0.3, -0.25) is 9.89 Å². The number of hydrogen-bond donors (Lipinski definition) is 2. The van der Waals surface area contributed by atoms with Gasteiger partial charge in [0, 0.05) is 5.92 Å². The van der Waals surface area contributed by atoms with Crippen LogP contribution in [-0.4, -0.2) is 16.1 Å². The summed E-state index contributed by atoms with van der Waals surface area (Å²) in [5, 5.41) is 17.9. The highest BCUT2D eigenvalue weighted by molar-refractivity contribution is 9.10. The number of aromatic amines is 1. The average molecular weight is 297 g/mol. The molecule has 0 aliphatic rings. The molecule has 1 atom stereocenters. The van der Waals surface area contributed by atoms with E-state index in [-0.39, 0.29) is 17.6 Å². The van der Waals surface area contributed by atoms with Gasteiger partial charge in [-0.05, 0) is 29.3 Å². The van der Waals surface area contributed by atoms with Crippen molar-refractivity contribution < 1.29 is 4.79 Å². The maximum Gasteiger partial charge on any atom is 0.228 e. The van der Waals surface area contributed by atoms with Crippen LogP contribution in [0.5, 0.6) is 0 Å². The van der Waals surface area contributed by atoms with Crippen LogP contribution >= 0.6 is 15.9 Å². The first-order valence-electron chi connectivity index (χ1n) is 5.05. The molecule has 1 rings (SSSR count). The van der Waals surface area contributed by atoms with Gasteiger partial charge in [-0.15, -0.1) is 6.58 Å². The van der Waals surface area contributed by atoms with Gasteiger partial charge in [-0.2, -0.15) is 10.4 Å². The van der Waals surface area contributed by atoms with Gasteiger partial charge in [0.15, 0.2) is 5.82 Å². The first-order chi connectivity index (χ1) is 7.95. The molecule has 0 radical (unpaired) electrons. The Morgan fingerprint density at radius 3 is 2.94 bits per heavy atom. The van der Waals surface area contributed by atoms with Crippen molar-refractivity contribution in [2.75, 3.05) is 5.32 Å².